The summed E-state index contributed by atoms with van der Waals surface area (Å²) < 4.78 is 5.79. The molecule has 0 radical (unpaired) electrons. The van der Waals surface area contributed by atoms with Crippen LogP contribution >= 0.6 is 0 Å². The minimum Gasteiger partial charge on any atom is -0.507 e. The molecule has 1 atom stereocenters. The number of para-hydroxylation sites is 1. The van der Waals surface area contributed by atoms with E-state index in [0.717, 1.165) is 23.3 Å². The van der Waals surface area contributed by atoms with Gasteiger partial charge < -0.3 is 14.7 Å². The molecule has 4 rings (SSSR count). The number of phenolic OH excluding ortho intramolecular Hbond substituents is 1. The molecule has 2 aromatic carbocycles. The van der Waals surface area contributed by atoms with E-state index < -0.39 is 0 Å². The van der Waals surface area contributed by atoms with Gasteiger partial charge in [-0.1, -0.05) is 31.2 Å². The molecule has 6 nitrogen and oxygen atoms in total. The van der Waals surface area contributed by atoms with E-state index in [4.69, 9.17) is 4.74 Å². The zero-order valence-corrected chi connectivity index (χ0v) is 16.0. The molecule has 2 N–H and O–H groups in total. The Hall–Kier alpha value is -3.28. The van der Waals surface area contributed by atoms with Crippen molar-refractivity contribution in [3.63, 3.8) is 0 Å². The number of ether oxygens (including phenoxy) is 1. The first kappa shape index (κ1) is 18.1. The Morgan fingerprint density at radius 1 is 1.18 bits per heavy atom. The summed E-state index contributed by atoms with van der Waals surface area (Å²) in [6.45, 7) is 5.23. The first-order valence-corrected chi connectivity index (χ1v) is 9.56. The van der Waals surface area contributed by atoms with Crippen molar-refractivity contribution in [3.05, 3.63) is 65.4 Å². The summed E-state index contributed by atoms with van der Waals surface area (Å²) in [7, 11) is 0. The second-order valence-electron chi connectivity index (χ2n) is 6.79. The second-order valence-corrected chi connectivity index (χ2v) is 6.79. The summed E-state index contributed by atoms with van der Waals surface area (Å²) in [4.78, 5) is 14.8. The van der Waals surface area contributed by atoms with Crippen molar-refractivity contribution in [2.75, 3.05) is 13.2 Å². The van der Waals surface area contributed by atoms with Crippen LogP contribution in [0.25, 0.3) is 11.3 Å². The van der Waals surface area contributed by atoms with Crippen LogP contribution in [-0.2, 0) is 0 Å². The van der Waals surface area contributed by atoms with Crippen LogP contribution in [0, 0.1) is 0 Å². The van der Waals surface area contributed by atoms with Gasteiger partial charge in [0.15, 0.2) is 0 Å². The molecule has 0 saturated carbocycles. The van der Waals surface area contributed by atoms with Crippen LogP contribution in [0.4, 0.5) is 0 Å². The number of nitrogens with zero attached hydrogens (tertiary/aromatic N) is 2. The molecule has 0 unspecified atom stereocenters. The smallest absolute Gasteiger partial charge is 0.273 e. The number of carbonyl (C=O) groups is 1. The minimum atomic E-state index is -0.286. The number of rotatable bonds is 6. The van der Waals surface area contributed by atoms with Crippen molar-refractivity contribution in [1.82, 2.24) is 15.1 Å². The highest BCUT2D eigenvalue weighted by Crippen LogP contribution is 2.44. The van der Waals surface area contributed by atoms with E-state index in [1.54, 1.807) is 12.1 Å². The maximum Gasteiger partial charge on any atom is 0.273 e. The summed E-state index contributed by atoms with van der Waals surface area (Å²) in [6, 6.07) is 14.6. The number of hydrogen-bond acceptors (Lipinski definition) is 4. The third kappa shape index (κ3) is 2.91. The third-order valence-electron chi connectivity index (χ3n) is 5.01. The fourth-order valence-electron chi connectivity index (χ4n) is 3.74. The summed E-state index contributed by atoms with van der Waals surface area (Å²) >= 11 is 0. The molecule has 1 aromatic heterocycles. The maximum atomic E-state index is 13.0. The SMILES string of the molecule is CCCOc1cccc([C@H]2c3c(-c4ccccc4O)n[nH]c3C(=O)N2CC)c1. The molecule has 0 bridgehead atoms. The van der Waals surface area contributed by atoms with E-state index in [1.165, 1.54) is 0 Å². The molecule has 0 aliphatic carbocycles. The van der Waals surface area contributed by atoms with Crippen LogP contribution in [0.15, 0.2) is 48.5 Å². The molecule has 0 saturated heterocycles. The van der Waals surface area contributed by atoms with E-state index in [-0.39, 0.29) is 17.7 Å². The van der Waals surface area contributed by atoms with Gasteiger partial charge in [-0.2, -0.15) is 5.10 Å². The number of H-pyrrole nitrogens is 1. The fraction of sp³-hybridized carbons (Fsp3) is 0.273. The van der Waals surface area contributed by atoms with E-state index >= 15 is 0 Å². The van der Waals surface area contributed by atoms with Crippen LogP contribution in [-0.4, -0.2) is 39.3 Å². The predicted octanol–water partition coefficient (Wildman–Crippen LogP) is 4.14. The van der Waals surface area contributed by atoms with Crippen LogP contribution in [0.1, 0.15) is 47.9 Å². The van der Waals surface area contributed by atoms with E-state index in [0.29, 0.717) is 30.1 Å². The lowest BCUT2D eigenvalue weighted by Gasteiger charge is -2.25. The summed E-state index contributed by atoms with van der Waals surface area (Å²) in [6.07, 6.45) is 0.927. The zero-order chi connectivity index (χ0) is 19.7. The number of fused-ring (bicyclic) bond motifs is 1. The lowest BCUT2D eigenvalue weighted by atomic mass is 9.95. The first-order chi connectivity index (χ1) is 13.7. The Morgan fingerprint density at radius 3 is 2.75 bits per heavy atom. The lowest BCUT2D eigenvalue weighted by molar-refractivity contribution is 0.0753. The molecule has 28 heavy (non-hydrogen) atoms. The van der Waals surface area contributed by atoms with Gasteiger partial charge in [0, 0.05) is 17.7 Å². The van der Waals surface area contributed by atoms with Crippen molar-refractivity contribution in [3.8, 4) is 22.8 Å². The Morgan fingerprint density at radius 2 is 2.00 bits per heavy atom. The number of carbonyl (C=O) groups excluding carboxylic acids is 1. The van der Waals surface area contributed by atoms with Crippen molar-refractivity contribution in [2.24, 2.45) is 0 Å². The number of amides is 1. The van der Waals surface area contributed by atoms with Crippen LogP contribution in [0.2, 0.25) is 0 Å². The lowest BCUT2D eigenvalue weighted by Crippen LogP contribution is -2.29. The summed E-state index contributed by atoms with van der Waals surface area (Å²) in [5, 5.41) is 17.6. The highest BCUT2D eigenvalue weighted by atomic mass is 16.5. The van der Waals surface area contributed by atoms with Crippen molar-refractivity contribution < 1.29 is 14.6 Å². The first-order valence-electron chi connectivity index (χ1n) is 9.56. The molecule has 1 amide bonds. The third-order valence-corrected chi connectivity index (χ3v) is 5.01. The van der Waals surface area contributed by atoms with Crippen LogP contribution < -0.4 is 4.74 Å². The Balaban J connectivity index is 1.85. The Bertz CT molecular complexity index is 1010. The van der Waals surface area contributed by atoms with Gasteiger partial charge in [-0.3, -0.25) is 9.89 Å². The molecule has 2 heterocycles. The molecular formula is C22H23N3O3. The van der Waals surface area contributed by atoms with Crippen molar-refractivity contribution in [2.45, 2.75) is 26.3 Å². The standard InChI is InChI=1S/C22H23N3O3/c1-3-12-28-15-9-7-8-14(13-15)21-18-19(16-10-5-6-11-17(16)26)23-24-20(18)22(27)25(21)4-2/h5-11,13,21,26H,3-4,12H2,1-2H3,(H,23,24)/t21-/m0/s1. The number of benzene rings is 2. The van der Waals surface area contributed by atoms with E-state index in [9.17, 15) is 9.90 Å². The zero-order valence-electron chi connectivity index (χ0n) is 16.0. The van der Waals surface area contributed by atoms with Gasteiger partial charge in [0.25, 0.3) is 5.91 Å². The van der Waals surface area contributed by atoms with Gasteiger partial charge in [0.1, 0.15) is 22.9 Å². The van der Waals surface area contributed by atoms with Gasteiger partial charge in [0.05, 0.1) is 12.6 Å². The molecule has 3 aromatic rings. The van der Waals surface area contributed by atoms with Crippen molar-refractivity contribution >= 4 is 5.91 Å². The number of aromatic amines is 1. The quantitative estimate of drug-likeness (QED) is 0.677. The summed E-state index contributed by atoms with van der Waals surface area (Å²) in [5.74, 6) is 0.832. The molecule has 0 fully saturated rings. The van der Waals surface area contributed by atoms with Gasteiger partial charge in [0.2, 0.25) is 0 Å². The van der Waals surface area contributed by atoms with E-state index in [2.05, 4.69) is 17.1 Å². The van der Waals surface area contributed by atoms with Gasteiger partial charge in [-0.25, -0.2) is 0 Å². The van der Waals surface area contributed by atoms with E-state index in [1.807, 2.05) is 48.2 Å². The normalized spacial score (nSPS) is 15.7. The monoisotopic (exact) mass is 377 g/mol. The highest BCUT2D eigenvalue weighted by molar-refractivity contribution is 6.00. The van der Waals surface area contributed by atoms with Gasteiger partial charge in [-0.05, 0) is 43.2 Å². The topological polar surface area (TPSA) is 78.5 Å². The number of hydrogen-bond donors (Lipinski definition) is 2. The summed E-state index contributed by atoms with van der Waals surface area (Å²) in [5.41, 5.74) is 3.43. The number of phenols is 1. The molecule has 1 aliphatic heterocycles. The van der Waals surface area contributed by atoms with Gasteiger partial charge in [-0.15, -0.1) is 0 Å². The number of aromatic hydroxyl groups is 1. The highest BCUT2D eigenvalue weighted by Gasteiger charge is 2.41. The molecule has 0 spiro atoms. The predicted molar refractivity (Wildman–Crippen MR) is 106 cm³/mol. The largest absolute Gasteiger partial charge is 0.507 e. The number of aromatic nitrogens is 2. The van der Waals surface area contributed by atoms with Crippen LogP contribution in [0.5, 0.6) is 11.5 Å². The maximum absolute atomic E-state index is 13.0. The average molecular weight is 377 g/mol. The van der Waals surface area contributed by atoms with Gasteiger partial charge >= 0.3 is 0 Å². The Kier molecular flexibility index (Phi) is 4.77. The Labute approximate surface area is 163 Å². The fourth-order valence-corrected chi connectivity index (χ4v) is 3.74. The average Bonchev–Trinajstić information content (AvgIpc) is 3.25. The minimum absolute atomic E-state index is 0.0865. The molecule has 6 heteroatoms. The molecule has 1 aliphatic rings. The molecular weight excluding hydrogens is 354 g/mol. The van der Waals surface area contributed by atoms with Crippen LogP contribution in [0.3, 0.4) is 0 Å². The number of nitrogens with one attached hydrogen (secondary N) is 1. The molecule has 144 valence electrons. The van der Waals surface area contributed by atoms with Crippen molar-refractivity contribution in [1.29, 1.82) is 0 Å². The second kappa shape index (κ2) is 7.38.